The van der Waals surface area contributed by atoms with Crippen molar-refractivity contribution in [3.8, 4) is 11.5 Å². The molecule has 0 spiro atoms. The number of nitrogens with two attached hydrogens (primary N) is 1. The van der Waals surface area contributed by atoms with Crippen molar-refractivity contribution in [2.24, 2.45) is 5.73 Å². The third-order valence-corrected chi connectivity index (χ3v) is 15.1. The van der Waals surface area contributed by atoms with Gasteiger partial charge in [0, 0.05) is 75.6 Å². The molecular weight excluding hydrogens is 865 g/mol. The van der Waals surface area contributed by atoms with Crippen molar-refractivity contribution in [3.63, 3.8) is 0 Å². The van der Waals surface area contributed by atoms with Crippen molar-refractivity contribution in [1.82, 2.24) is 28.6 Å². The number of rotatable bonds is 16. The predicted molar refractivity (Wildman–Crippen MR) is 244 cm³/mol. The maximum absolute atomic E-state index is 13.7. The van der Waals surface area contributed by atoms with Crippen LogP contribution in [0.15, 0.2) is 114 Å². The van der Waals surface area contributed by atoms with E-state index >= 15 is 0 Å². The van der Waals surface area contributed by atoms with Crippen molar-refractivity contribution in [1.29, 1.82) is 0 Å². The molecule has 0 amide bonds. The first kappa shape index (κ1) is 48.3. The highest BCUT2D eigenvalue weighted by Gasteiger charge is 2.35. The Morgan fingerprint density at radius 3 is 1.39 bits per heavy atom. The highest BCUT2D eigenvalue weighted by Crippen LogP contribution is 2.28. The van der Waals surface area contributed by atoms with Crippen LogP contribution >= 0.6 is 0 Å². The van der Waals surface area contributed by atoms with Crippen LogP contribution in [-0.2, 0) is 33.5 Å². The molecule has 2 aliphatic rings. The summed E-state index contributed by atoms with van der Waals surface area (Å²) in [6.07, 6.45) is -2.84. The molecule has 2 saturated heterocycles. The van der Waals surface area contributed by atoms with Gasteiger partial charge in [0.2, 0.25) is 5.89 Å². The van der Waals surface area contributed by atoms with E-state index in [1.54, 1.807) is 89.2 Å². The second kappa shape index (κ2) is 21.7. The Balaban J connectivity index is 0.000000214. The zero-order chi connectivity index (χ0) is 46.0. The minimum atomic E-state index is -3.78. The third-order valence-electron chi connectivity index (χ3n) is 11.2. The van der Waals surface area contributed by atoms with Gasteiger partial charge in [-0.15, -0.1) is 10.2 Å². The number of alkyl halides is 2. The highest BCUT2D eigenvalue weighted by atomic mass is 32.2. The fraction of sp³-hybridized carbons (Fsp3) is 0.400. The van der Waals surface area contributed by atoms with Crippen molar-refractivity contribution in [3.05, 3.63) is 132 Å². The Bertz CT molecular complexity index is 2470. The summed E-state index contributed by atoms with van der Waals surface area (Å²) in [5.74, 6) is -0.896. The summed E-state index contributed by atoms with van der Waals surface area (Å²) in [4.78, 5) is 16.3. The number of halogens is 2. The smallest absolute Gasteiger partial charge is 0.314 e. The molecule has 0 bridgehead atoms. The summed E-state index contributed by atoms with van der Waals surface area (Å²) >= 11 is 0. The van der Waals surface area contributed by atoms with Crippen molar-refractivity contribution in [2.45, 2.75) is 59.3 Å². The second-order valence-electron chi connectivity index (χ2n) is 16.0. The zero-order valence-electron chi connectivity index (χ0n) is 36.6. The van der Waals surface area contributed by atoms with Crippen LogP contribution in [0.3, 0.4) is 0 Å². The molecule has 19 heteroatoms. The molecule has 0 aliphatic carbocycles. The van der Waals surface area contributed by atoms with Crippen molar-refractivity contribution in [2.75, 3.05) is 67.5 Å². The second-order valence-corrected chi connectivity index (χ2v) is 19.7. The zero-order valence-corrected chi connectivity index (χ0v) is 38.2. The lowest BCUT2D eigenvalue weighted by Crippen LogP contribution is -2.54. The number of para-hydroxylation sites is 2. The predicted octanol–water partition coefficient (Wildman–Crippen LogP) is 6.06. The Kier molecular flexibility index (Phi) is 16.4. The SMILES string of the molecule is CC(C)N1CCN(S(=O)(=O)N(Cc2ccc(-c3nnc(C(F)F)o3)cc2)c2ccccc2)CC1.CC(C)N1CCN(S(=O)(=O)N(Cc2ccc(C(=O)CN)cc2)c2ccccc2)CC1. The number of aromatic nitrogens is 2. The van der Waals surface area contributed by atoms with Crippen molar-refractivity contribution < 1.29 is 34.8 Å². The topological polar surface area (TPSA) is 170 Å². The minimum absolute atomic E-state index is 0.0163. The monoisotopic (exact) mass is 921 g/mol. The van der Waals surface area contributed by atoms with Crippen LogP contribution in [0.25, 0.3) is 11.5 Å². The Labute approximate surface area is 375 Å². The maximum atomic E-state index is 13.7. The number of carbonyl (C=O) groups is 1. The fourth-order valence-electron chi connectivity index (χ4n) is 7.42. The van der Waals surface area contributed by atoms with Gasteiger partial charge in [-0.25, -0.2) is 0 Å². The lowest BCUT2D eigenvalue weighted by atomic mass is 10.1. The van der Waals surface area contributed by atoms with Gasteiger partial charge < -0.3 is 10.2 Å². The lowest BCUT2D eigenvalue weighted by molar-refractivity contribution is 0.100. The number of anilines is 2. The molecule has 4 aromatic carbocycles. The number of hydrogen-bond donors (Lipinski definition) is 1. The molecule has 7 rings (SSSR count). The van der Waals surface area contributed by atoms with Crippen LogP contribution in [0.5, 0.6) is 0 Å². The minimum Gasteiger partial charge on any atom is -0.415 e. The molecule has 0 unspecified atom stereocenters. The molecule has 1 aromatic heterocycles. The maximum Gasteiger partial charge on any atom is 0.314 e. The summed E-state index contributed by atoms with van der Waals surface area (Å²) < 4.78 is 90.8. The van der Waals surface area contributed by atoms with Crippen molar-refractivity contribution >= 4 is 37.6 Å². The van der Waals surface area contributed by atoms with Gasteiger partial charge in [0.05, 0.1) is 31.0 Å². The summed E-state index contributed by atoms with van der Waals surface area (Å²) in [5, 5.41) is 6.99. The molecule has 0 radical (unpaired) electrons. The molecule has 2 N–H and O–H groups in total. The molecule has 64 heavy (non-hydrogen) atoms. The van der Waals surface area contributed by atoms with Crippen LogP contribution < -0.4 is 14.3 Å². The van der Waals surface area contributed by atoms with Crippen LogP contribution in [0, 0.1) is 0 Å². The Hall–Kier alpha value is -5.15. The molecule has 2 fully saturated rings. The van der Waals surface area contributed by atoms with Gasteiger partial charge in [-0.05, 0) is 75.2 Å². The quantitative estimate of drug-likeness (QED) is 0.114. The number of hydrogen-bond acceptors (Lipinski definition) is 11. The number of ketones is 1. The van der Waals surface area contributed by atoms with Gasteiger partial charge >= 0.3 is 26.8 Å². The van der Waals surface area contributed by atoms with E-state index in [1.165, 1.54) is 12.9 Å². The van der Waals surface area contributed by atoms with E-state index in [2.05, 4.69) is 47.7 Å². The van der Waals surface area contributed by atoms with Gasteiger partial charge in [-0.2, -0.15) is 34.2 Å². The first-order chi connectivity index (χ1) is 30.6. The highest BCUT2D eigenvalue weighted by molar-refractivity contribution is 7.90. The molecule has 0 atom stereocenters. The fourth-order valence-corrected chi connectivity index (χ4v) is 10.6. The van der Waals surface area contributed by atoms with E-state index in [-0.39, 0.29) is 31.3 Å². The van der Waals surface area contributed by atoms with Gasteiger partial charge in [0.15, 0.2) is 5.78 Å². The average Bonchev–Trinajstić information content (AvgIpc) is 3.82. The van der Waals surface area contributed by atoms with Gasteiger partial charge in [0.1, 0.15) is 0 Å². The normalized spacial score (nSPS) is 15.9. The van der Waals surface area contributed by atoms with E-state index < -0.39 is 32.7 Å². The van der Waals surface area contributed by atoms with E-state index in [0.717, 1.165) is 24.2 Å². The van der Waals surface area contributed by atoms with Crippen LogP contribution in [0.1, 0.15) is 61.5 Å². The summed E-state index contributed by atoms with van der Waals surface area (Å²) in [6.45, 7) is 13.3. The molecular formula is C45H57F2N9O6S2. The molecule has 2 aliphatic heterocycles. The largest absolute Gasteiger partial charge is 0.415 e. The third kappa shape index (κ3) is 11.9. The van der Waals surface area contributed by atoms with Crippen LogP contribution in [0.4, 0.5) is 20.2 Å². The van der Waals surface area contributed by atoms with Gasteiger partial charge in [-0.3, -0.25) is 23.2 Å². The van der Waals surface area contributed by atoms with Crippen LogP contribution in [0.2, 0.25) is 0 Å². The van der Waals surface area contributed by atoms with E-state index in [4.69, 9.17) is 10.2 Å². The first-order valence-corrected chi connectivity index (χ1v) is 24.0. The summed E-state index contributed by atoms with van der Waals surface area (Å²) in [5.41, 5.74) is 9.14. The van der Waals surface area contributed by atoms with Gasteiger partial charge in [-0.1, -0.05) is 72.8 Å². The molecule has 0 saturated carbocycles. The number of piperazine rings is 2. The average molecular weight is 922 g/mol. The molecule has 344 valence electrons. The van der Waals surface area contributed by atoms with Gasteiger partial charge in [0.25, 0.3) is 5.89 Å². The van der Waals surface area contributed by atoms with E-state index in [1.807, 2.05) is 24.3 Å². The number of benzene rings is 4. The van der Waals surface area contributed by atoms with E-state index in [0.29, 0.717) is 73.9 Å². The van der Waals surface area contributed by atoms with E-state index in [9.17, 15) is 30.4 Å². The number of carbonyl (C=O) groups excluding carboxylic acids is 1. The van der Waals surface area contributed by atoms with Crippen LogP contribution in [-0.4, -0.2) is 122 Å². The standard InChI is InChI=1S/C23H27F2N5O3S.C22H30N4O3S/c1-17(2)28-12-14-29(15-13-28)34(31,32)30(20-6-4-3-5-7-20)16-18-8-10-19(11-9-18)22-26-27-23(33-22)21(24)25;1-18(2)24-12-14-25(15-13-24)30(28,29)26(21-6-4-3-5-7-21)17-19-8-10-20(11-9-19)22(27)16-23/h3-11,17,21H,12-16H2,1-2H3;3-11,18H,12-17,23H2,1-2H3. The first-order valence-electron chi connectivity index (χ1n) is 21.2. The number of nitrogens with zero attached hydrogens (tertiary/aromatic N) is 8. The molecule has 15 nitrogen and oxygen atoms in total. The Morgan fingerprint density at radius 1 is 0.625 bits per heavy atom. The molecule has 5 aromatic rings. The summed E-state index contributed by atoms with van der Waals surface area (Å²) in [6, 6.07) is 32.6. The lowest BCUT2D eigenvalue weighted by Gasteiger charge is -2.38. The molecule has 3 heterocycles. The number of Topliss-reactive ketones (excluding diaryl/α,β-unsaturated/α-hetero) is 1. The Morgan fingerprint density at radius 2 is 1.03 bits per heavy atom. The summed E-state index contributed by atoms with van der Waals surface area (Å²) in [7, 11) is -7.48.